The molecule has 0 saturated carbocycles. The number of hydrogen-bond donors (Lipinski definition) is 1. The summed E-state index contributed by atoms with van der Waals surface area (Å²) in [7, 11) is -2.41. The highest BCUT2D eigenvalue weighted by atomic mass is 35.5. The minimum absolute atomic E-state index is 0.0494. The average molecular weight is 469 g/mol. The van der Waals surface area contributed by atoms with E-state index < -0.39 is 27.7 Å². The van der Waals surface area contributed by atoms with Crippen LogP contribution in [0.1, 0.15) is 15.9 Å². The van der Waals surface area contributed by atoms with Gasteiger partial charge in [0.2, 0.25) is 0 Å². The second kappa shape index (κ2) is 8.60. The summed E-state index contributed by atoms with van der Waals surface area (Å²) in [5, 5.41) is 2.29. The molecule has 3 aromatic carbocycles. The Morgan fingerprint density at radius 2 is 1.58 bits per heavy atom. The Hall–Kier alpha value is -3.04. The maximum absolute atomic E-state index is 12.9. The highest BCUT2D eigenvalue weighted by Gasteiger charge is 2.31. The van der Waals surface area contributed by atoms with Gasteiger partial charge in [-0.1, -0.05) is 29.8 Å². The Bertz CT molecular complexity index is 1200. The number of hydrogen-bond acceptors (Lipinski definition) is 3. The fourth-order valence-corrected chi connectivity index (χ4v) is 4.09. The quantitative estimate of drug-likeness (QED) is 0.542. The van der Waals surface area contributed by atoms with Crippen LogP contribution in [0, 0.1) is 0 Å². The second-order valence-corrected chi connectivity index (χ2v) is 8.86. The average Bonchev–Trinajstić information content (AvgIpc) is 2.74. The van der Waals surface area contributed by atoms with Crippen molar-refractivity contribution in [1.82, 2.24) is 0 Å². The lowest BCUT2D eigenvalue weighted by Crippen LogP contribution is -2.26. The molecule has 10 heteroatoms. The van der Waals surface area contributed by atoms with Crippen molar-refractivity contribution in [2.75, 3.05) is 16.7 Å². The van der Waals surface area contributed by atoms with Gasteiger partial charge in [-0.15, -0.1) is 0 Å². The van der Waals surface area contributed by atoms with E-state index in [2.05, 4.69) is 5.32 Å². The first kappa shape index (κ1) is 22.6. The molecular formula is C21H16ClF3N2O3S. The Morgan fingerprint density at radius 1 is 0.968 bits per heavy atom. The van der Waals surface area contributed by atoms with Gasteiger partial charge in [0, 0.05) is 12.6 Å². The van der Waals surface area contributed by atoms with Gasteiger partial charge in [0.1, 0.15) is 0 Å². The number of nitrogens with zero attached hydrogens (tertiary/aromatic N) is 1. The molecule has 0 unspecified atom stereocenters. The Labute approximate surface area is 182 Å². The summed E-state index contributed by atoms with van der Waals surface area (Å²) >= 11 is 5.90. The van der Waals surface area contributed by atoms with Crippen LogP contribution >= 0.6 is 11.6 Å². The molecule has 0 atom stereocenters. The second-order valence-electron chi connectivity index (χ2n) is 6.48. The molecule has 3 rings (SSSR count). The van der Waals surface area contributed by atoms with Crippen molar-refractivity contribution in [2.24, 2.45) is 0 Å². The number of sulfonamides is 1. The monoisotopic (exact) mass is 468 g/mol. The van der Waals surface area contributed by atoms with Gasteiger partial charge in [0.25, 0.3) is 15.9 Å². The molecular weight excluding hydrogens is 453 g/mol. The summed E-state index contributed by atoms with van der Waals surface area (Å²) < 4.78 is 65.1. The summed E-state index contributed by atoms with van der Waals surface area (Å²) in [6.07, 6.45) is -4.58. The van der Waals surface area contributed by atoms with Gasteiger partial charge >= 0.3 is 6.18 Å². The van der Waals surface area contributed by atoms with Crippen LogP contribution in [0.4, 0.5) is 24.5 Å². The molecule has 0 bridgehead atoms. The zero-order valence-electron chi connectivity index (χ0n) is 16.0. The van der Waals surface area contributed by atoms with Crippen molar-refractivity contribution in [3.63, 3.8) is 0 Å². The Morgan fingerprint density at radius 3 is 2.16 bits per heavy atom. The van der Waals surface area contributed by atoms with E-state index in [9.17, 15) is 26.4 Å². The number of rotatable bonds is 5. The largest absolute Gasteiger partial charge is 0.416 e. The van der Waals surface area contributed by atoms with E-state index in [4.69, 9.17) is 11.6 Å². The molecule has 0 aliphatic carbocycles. The molecule has 162 valence electrons. The van der Waals surface area contributed by atoms with Gasteiger partial charge in [0.15, 0.2) is 0 Å². The number of carbonyl (C=O) groups is 1. The standard InChI is InChI=1S/C21H16ClF3N2O3S/c1-27(31(29,30)17-5-3-2-4-6-17)16-10-7-14(8-11-16)20(28)26-19-13-15(21(23,24)25)9-12-18(19)22/h2-13H,1H3,(H,26,28). The van der Waals surface area contributed by atoms with Crippen LogP contribution in [0.3, 0.4) is 0 Å². The molecule has 0 saturated heterocycles. The lowest BCUT2D eigenvalue weighted by atomic mass is 10.1. The third-order valence-electron chi connectivity index (χ3n) is 4.44. The number of carbonyl (C=O) groups excluding carboxylic acids is 1. The lowest BCUT2D eigenvalue weighted by Gasteiger charge is -2.19. The van der Waals surface area contributed by atoms with Gasteiger partial charge in [-0.05, 0) is 54.6 Å². The molecule has 0 aromatic heterocycles. The van der Waals surface area contributed by atoms with Crippen LogP contribution in [0.2, 0.25) is 5.02 Å². The molecule has 1 amide bonds. The number of alkyl halides is 3. The van der Waals surface area contributed by atoms with Crippen molar-refractivity contribution < 1.29 is 26.4 Å². The number of nitrogens with one attached hydrogen (secondary N) is 1. The van der Waals surface area contributed by atoms with E-state index in [1.807, 2.05) is 0 Å². The van der Waals surface area contributed by atoms with Crippen LogP contribution in [-0.2, 0) is 16.2 Å². The smallest absolute Gasteiger partial charge is 0.321 e. The first-order chi connectivity index (χ1) is 14.5. The van der Waals surface area contributed by atoms with E-state index in [-0.39, 0.29) is 21.2 Å². The molecule has 0 fully saturated rings. The molecule has 0 radical (unpaired) electrons. The van der Waals surface area contributed by atoms with Crippen LogP contribution in [0.5, 0.6) is 0 Å². The van der Waals surface area contributed by atoms with E-state index in [0.29, 0.717) is 5.69 Å². The predicted molar refractivity (Wildman–Crippen MR) is 113 cm³/mol. The van der Waals surface area contributed by atoms with Crippen LogP contribution in [0.25, 0.3) is 0 Å². The maximum Gasteiger partial charge on any atom is 0.416 e. The van der Waals surface area contributed by atoms with Crippen LogP contribution in [0.15, 0.2) is 77.7 Å². The normalized spacial score (nSPS) is 11.8. The lowest BCUT2D eigenvalue weighted by molar-refractivity contribution is -0.137. The molecule has 0 aliphatic rings. The zero-order valence-corrected chi connectivity index (χ0v) is 17.6. The minimum Gasteiger partial charge on any atom is -0.321 e. The third-order valence-corrected chi connectivity index (χ3v) is 6.57. The van der Waals surface area contributed by atoms with Gasteiger partial charge in [-0.25, -0.2) is 8.42 Å². The fraction of sp³-hybridized carbons (Fsp3) is 0.0952. The molecule has 5 nitrogen and oxygen atoms in total. The predicted octanol–water partition coefficient (Wildman–Crippen LogP) is 5.44. The van der Waals surface area contributed by atoms with Crippen LogP contribution in [-0.4, -0.2) is 21.4 Å². The summed E-state index contributed by atoms with van der Waals surface area (Å²) in [5.41, 5.74) is -0.718. The topological polar surface area (TPSA) is 66.5 Å². The SMILES string of the molecule is CN(c1ccc(C(=O)Nc2cc(C(F)(F)F)ccc2Cl)cc1)S(=O)(=O)c1ccccc1. The van der Waals surface area contributed by atoms with Gasteiger partial charge in [0.05, 0.1) is 26.9 Å². The molecule has 31 heavy (non-hydrogen) atoms. The Kier molecular flexibility index (Phi) is 6.28. The molecule has 0 heterocycles. The highest BCUT2D eigenvalue weighted by molar-refractivity contribution is 7.92. The molecule has 3 aromatic rings. The van der Waals surface area contributed by atoms with Gasteiger partial charge in [-0.2, -0.15) is 13.2 Å². The summed E-state index contributed by atoms with van der Waals surface area (Å²) in [6.45, 7) is 0. The zero-order chi connectivity index (χ0) is 22.8. The molecule has 1 N–H and O–H groups in total. The highest BCUT2D eigenvalue weighted by Crippen LogP contribution is 2.34. The Balaban J connectivity index is 1.80. The van der Waals surface area contributed by atoms with E-state index in [1.165, 1.54) is 43.4 Å². The van der Waals surface area contributed by atoms with Crippen molar-refractivity contribution in [3.05, 3.63) is 88.9 Å². The number of benzene rings is 3. The molecule has 0 spiro atoms. The number of anilines is 2. The first-order valence-corrected chi connectivity index (χ1v) is 10.6. The minimum atomic E-state index is -4.58. The van der Waals surface area contributed by atoms with Crippen molar-refractivity contribution in [2.45, 2.75) is 11.1 Å². The summed E-state index contributed by atoms with van der Waals surface area (Å²) in [5.74, 6) is -0.693. The van der Waals surface area contributed by atoms with E-state index >= 15 is 0 Å². The van der Waals surface area contributed by atoms with E-state index in [1.54, 1.807) is 18.2 Å². The van der Waals surface area contributed by atoms with Crippen LogP contribution < -0.4 is 9.62 Å². The fourth-order valence-electron chi connectivity index (χ4n) is 2.70. The summed E-state index contributed by atoms with van der Waals surface area (Å²) in [4.78, 5) is 12.6. The van der Waals surface area contributed by atoms with Crippen molar-refractivity contribution in [3.8, 4) is 0 Å². The van der Waals surface area contributed by atoms with Crippen molar-refractivity contribution in [1.29, 1.82) is 0 Å². The van der Waals surface area contributed by atoms with Gasteiger partial charge in [-0.3, -0.25) is 9.10 Å². The number of halogens is 4. The number of amides is 1. The van der Waals surface area contributed by atoms with Crippen molar-refractivity contribution >= 4 is 38.9 Å². The first-order valence-electron chi connectivity index (χ1n) is 8.82. The van der Waals surface area contributed by atoms with Gasteiger partial charge < -0.3 is 5.32 Å². The maximum atomic E-state index is 12.9. The van der Waals surface area contributed by atoms with E-state index in [0.717, 1.165) is 22.5 Å². The summed E-state index contributed by atoms with van der Waals surface area (Å²) in [6, 6.07) is 16.0. The third kappa shape index (κ3) is 5.00. The molecule has 0 aliphatic heterocycles.